The lowest BCUT2D eigenvalue weighted by atomic mass is 9.75. The highest BCUT2D eigenvalue weighted by molar-refractivity contribution is 5.32. The van der Waals surface area contributed by atoms with Crippen molar-refractivity contribution in [3.05, 3.63) is 34.9 Å². The Balaban J connectivity index is 1.94. The third kappa shape index (κ3) is 4.31. The van der Waals surface area contributed by atoms with Crippen LogP contribution in [0.25, 0.3) is 0 Å². The number of nitrogens with two attached hydrogens (primary N) is 1. The zero-order valence-corrected chi connectivity index (χ0v) is 14.4. The fraction of sp³-hybridized carbons (Fsp3) is 0.684. The Morgan fingerprint density at radius 3 is 2.43 bits per heavy atom. The van der Waals surface area contributed by atoms with Gasteiger partial charge in [0.15, 0.2) is 0 Å². The largest absolute Gasteiger partial charge is 0.323 e. The summed E-state index contributed by atoms with van der Waals surface area (Å²) in [7, 11) is 2.24. The molecule has 0 spiro atoms. The maximum absolute atomic E-state index is 6.47. The van der Waals surface area contributed by atoms with Crippen LogP contribution in [0.4, 0.5) is 0 Å². The van der Waals surface area contributed by atoms with Crippen molar-refractivity contribution in [3.63, 3.8) is 0 Å². The summed E-state index contributed by atoms with van der Waals surface area (Å²) in [5.74, 6) is 0. The van der Waals surface area contributed by atoms with E-state index in [0.29, 0.717) is 11.5 Å². The second kappa shape index (κ2) is 6.50. The van der Waals surface area contributed by atoms with E-state index >= 15 is 0 Å². The van der Waals surface area contributed by atoms with Gasteiger partial charge in [-0.2, -0.15) is 0 Å². The van der Waals surface area contributed by atoms with Gasteiger partial charge >= 0.3 is 0 Å². The molecule has 0 amide bonds. The van der Waals surface area contributed by atoms with Gasteiger partial charge in [-0.3, -0.25) is 0 Å². The van der Waals surface area contributed by atoms with E-state index in [1.807, 2.05) is 0 Å². The molecule has 1 aromatic rings. The van der Waals surface area contributed by atoms with Gasteiger partial charge in [0, 0.05) is 18.6 Å². The molecule has 2 rings (SSSR count). The van der Waals surface area contributed by atoms with Crippen molar-refractivity contribution in [1.29, 1.82) is 0 Å². The van der Waals surface area contributed by atoms with E-state index in [4.69, 9.17) is 5.73 Å². The molecule has 2 heteroatoms. The van der Waals surface area contributed by atoms with Crippen molar-refractivity contribution >= 4 is 0 Å². The monoisotopic (exact) mass is 288 g/mol. The van der Waals surface area contributed by atoms with Gasteiger partial charge in [0.25, 0.3) is 0 Å². The highest BCUT2D eigenvalue weighted by atomic mass is 15.1. The van der Waals surface area contributed by atoms with Crippen LogP contribution in [0.3, 0.4) is 0 Å². The maximum Gasteiger partial charge on any atom is 0.0426 e. The minimum absolute atomic E-state index is 0.116. The van der Waals surface area contributed by atoms with Crippen LogP contribution in [0.15, 0.2) is 18.2 Å². The molecule has 2 N–H and O–H groups in total. The van der Waals surface area contributed by atoms with Crippen LogP contribution < -0.4 is 5.73 Å². The van der Waals surface area contributed by atoms with Gasteiger partial charge in [-0.1, -0.05) is 37.6 Å². The zero-order valence-electron chi connectivity index (χ0n) is 14.4. The standard InChI is InChI=1S/C19H32N2/c1-14-6-7-17(15(2)12-14)18(20)13-21(5)16-8-10-19(3,4)11-9-16/h6-7,12,16,18H,8-11,13,20H2,1-5H3. The predicted molar refractivity (Wildman–Crippen MR) is 91.5 cm³/mol. The topological polar surface area (TPSA) is 29.3 Å². The average molecular weight is 288 g/mol. The lowest BCUT2D eigenvalue weighted by Crippen LogP contribution is -2.40. The van der Waals surface area contributed by atoms with E-state index in [-0.39, 0.29) is 6.04 Å². The second-order valence-corrected chi connectivity index (χ2v) is 7.80. The number of benzene rings is 1. The number of hydrogen-bond donors (Lipinski definition) is 1. The molecule has 0 saturated heterocycles. The van der Waals surface area contributed by atoms with Crippen LogP contribution in [-0.4, -0.2) is 24.5 Å². The second-order valence-electron chi connectivity index (χ2n) is 7.80. The molecule has 1 unspecified atom stereocenters. The van der Waals surface area contributed by atoms with E-state index in [0.717, 1.165) is 6.54 Å². The Labute approximate surface area is 130 Å². The Hall–Kier alpha value is -0.860. The normalized spacial score (nSPS) is 20.7. The molecule has 2 nitrogen and oxygen atoms in total. The summed E-state index contributed by atoms with van der Waals surface area (Å²) >= 11 is 0. The lowest BCUT2D eigenvalue weighted by Gasteiger charge is -2.39. The van der Waals surface area contributed by atoms with E-state index in [1.165, 1.54) is 42.4 Å². The molecule has 0 aromatic heterocycles. The molecule has 1 aliphatic rings. The van der Waals surface area contributed by atoms with Gasteiger partial charge in [-0.25, -0.2) is 0 Å². The molecule has 1 aliphatic carbocycles. The first-order valence-corrected chi connectivity index (χ1v) is 8.31. The first-order chi connectivity index (χ1) is 9.78. The Kier molecular flexibility index (Phi) is 5.11. The molecule has 0 heterocycles. The summed E-state index contributed by atoms with van der Waals surface area (Å²) in [4.78, 5) is 2.49. The smallest absolute Gasteiger partial charge is 0.0426 e. The summed E-state index contributed by atoms with van der Waals surface area (Å²) < 4.78 is 0. The summed E-state index contributed by atoms with van der Waals surface area (Å²) in [6, 6.07) is 7.43. The summed E-state index contributed by atoms with van der Waals surface area (Å²) in [6.45, 7) is 10.0. The Morgan fingerprint density at radius 2 is 1.86 bits per heavy atom. The first-order valence-electron chi connectivity index (χ1n) is 8.31. The minimum Gasteiger partial charge on any atom is -0.323 e. The Morgan fingerprint density at radius 1 is 1.24 bits per heavy atom. The molecule has 118 valence electrons. The molecule has 0 bridgehead atoms. The first kappa shape index (κ1) is 16.5. The van der Waals surface area contributed by atoms with Crippen LogP contribution in [-0.2, 0) is 0 Å². The maximum atomic E-state index is 6.47. The van der Waals surface area contributed by atoms with Crippen LogP contribution >= 0.6 is 0 Å². The van der Waals surface area contributed by atoms with Gasteiger partial charge in [-0.15, -0.1) is 0 Å². The zero-order chi connectivity index (χ0) is 15.6. The predicted octanol–water partition coefficient (Wildman–Crippen LogP) is 4.20. The van der Waals surface area contributed by atoms with Crippen molar-refractivity contribution in [3.8, 4) is 0 Å². The lowest BCUT2D eigenvalue weighted by molar-refractivity contribution is 0.123. The van der Waals surface area contributed by atoms with E-state index < -0.39 is 0 Å². The van der Waals surface area contributed by atoms with Crippen molar-refractivity contribution in [2.75, 3.05) is 13.6 Å². The summed E-state index contributed by atoms with van der Waals surface area (Å²) in [5, 5.41) is 0. The molecule has 1 aromatic carbocycles. The van der Waals surface area contributed by atoms with Gasteiger partial charge < -0.3 is 10.6 Å². The third-order valence-corrected chi connectivity index (χ3v) is 5.24. The number of hydrogen-bond acceptors (Lipinski definition) is 2. The minimum atomic E-state index is 0.116. The highest BCUT2D eigenvalue weighted by Crippen LogP contribution is 2.36. The highest BCUT2D eigenvalue weighted by Gasteiger charge is 2.29. The Bertz CT molecular complexity index is 468. The molecule has 1 saturated carbocycles. The van der Waals surface area contributed by atoms with Crippen LogP contribution in [0, 0.1) is 19.3 Å². The van der Waals surface area contributed by atoms with Crippen molar-refractivity contribution in [2.45, 2.75) is 65.5 Å². The SMILES string of the molecule is Cc1ccc(C(N)CN(C)C2CCC(C)(C)CC2)c(C)c1. The molecular weight excluding hydrogens is 256 g/mol. The molecule has 21 heavy (non-hydrogen) atoms. The van der Waals surface area contributed by atoms with Crippen molar-refractivity contribution < 1.29 is 0 Å². The van der Waals surface area contributed by atoms with E-state index in [1.54, 1.807) is 0 Å². The molecule has 1 atom stereocenters. The fourth-order valence-electron chi connectivity index (χ4n) is 3.62. The van der Waals surface area contributed by atoms with Crippen LogP contribution in [0.2, 0.25) is 0 Å². The quantitative estimate of drug-likeness (QED) is 0.899. The van der Waals surface area contributed by atoms with E-state index in [9.17, 15) is 0 Å². The van der Waals surface area contributed by atoms with Gasteiger partial charge in [-0.05, 0) is 63.1 Å². The van der Waals surface area contributed by atoms with Crippen LogP contribution in [0.5, 0.6) is 0 Å². The number of rotatable bonds is 4. The number of likely N-dealkylation sites (N-methyl/N-ethyl adjacent to an activating group) is 1. The van der Waals surface area contributed by atoms with Gasteiger partial charge in [0.1, 0.15) is 0 Å². The van der Waals surface area contributed by atoms with Crippen molar-refractivity contribution in [2.24, 2.45) is 11.1 Å². The third-order valence-electron chi connectivity index (χ3n) is 5.24. The summed E-state index contributed by atoms with van der Waals surface area (Å²) in [5.41, 5.74) is 10.9. The van der Waals surface area contributed by atoms with Crippen molar-refractivity contribution in [1.82, 2.24) is 4.90 Å². The molecule has 0 radical (unpaired) electrons. The summed E-state index contributed by atoms with van der Waals surface area (Å²) in [6.07, 6.45) is 5.29. The number of aryl methyl sites for hydroxylation is 2. The fourth-order valence-corrected chi connectivity index (χ4v) is 3.62. The van der Waals surface area contributed by atoms with Crippen LogP contribution in [0.1, 0.15) is 62.3 Å². The molecular formula is C19H32N2. The average Bonchev–Trinajstić information content (AvgIpc) is 2.38. The van der Waals surface area contributed by atoms with Gasteiger partial charge in [0.05, 0.1) is 0 Å². The molecule has 0 aliphatic heterocycles. The van der Waals surface area contributed by atoms with E-state index in [2.05, 4.69) is 57.8 Å². The van der Waals surface area contributed by atoms with Gasteiger partial charge in [0.2, 0.25) is 0 Å². The number of nitrogens with zero attached hydrogens (tertiary/aromatic N) is 1. The molecule has 1 fully saturated rings.